The summed E-state index contributed by atoms with van der Waals surface area (Å²) in [6, 6.07) is 0. The monoisotopic (exact) mass is 170 g/mol. The molecule has 0 aliphatic carbocycles. The van der Waals surface area contributed by atoms with E-state index in [2.05, 4.69) is 9.97 Å². The van der Waals surface area contributed by atoms with Gasteiger partial charge >= 0.3 is 5.69 Å². The van der Waals surface area contributed by atoms with Crippen LogP contribution in [0.3, 0.4) is 0 Å². The molecule has 0 radical (unpaired) electrons. The van der Waals surface area contributed by atoms with Gasteiger partial charge in [-0.15, -0.1) is 0 Å². The Hall–Kier alpha value is -1.52. The first kappa shape index (κ1) is 8.58. The minimum absolute atomic E-state index is 0.242. The van der Waals surface area contributed by atoms with Crippen LogP contribution < -0.4 is 16.0 Å². The van der Waals surface area contributed by atoms with Crippen molar-refractivity contribution in [2.45, 2.75) is 13.3 Å². The lowest BCUT2D eigenvalue weighted by atomic mass is 10.2. The molecule has 0 aliphatic heterocycles. The first-order valence-electron chi connectivity index (χ1n) is 3.58. The number of ether oxygens (including phenoxy) is 1. The molecular formula is C7H10N2O3. The summed E-state index contributed by atoms with van der Waals surface area (Å²) in [7, 11) is 1.41. The molecule has 66 valence electrons. The van der Waals surface area contributed by atoms with E-state index in [0.717, 1.165) is 0 Å². The molecular weight excluding hydrogens is 160 g/mol. The van der Waals surface area contributed by atoms with Crippen LogP contribution in [0.15, 0.2) is 9.59 Å². The number of nitrogens with one attached hydrogen (secondary N) is 2. The second-order valence-electron chi connectivity index (χ2n) is 2.27. The van der Waals surface area contributed by atoms with Gasteiger partial charge < -0.3 is 4.74 Å². The summed E-state index contributed by atoms with van der Waals surface area (Å²) >= 11 is 0. The van der Waals surface area contributed by atoms with Crippen LogP contribution in [0.2, 0.25) is 0 Å². The molecule has 0 aromatic carbocycles. The van der Waals surface area contributed by atoms with Gasteiger partial charge in [-0.25, -0.2) is 4.79 Å². The Balaban J connectivity index is 3.44. The molecule has 0 fully saturated rings. The number of rotatable bonds is 2. The van der Waals surface area contributed by atoms with Crippen molar-refractivity contribution in [1.82, 2.24) is 9.97 Å². The second kappa shape index (κ2) is 3.25. The molecule has 0 unspecified atom stereocenters. The molecule has 1 aromatic heterocycles. The minimum atomic E-state index is -0.547. The Morgan fingerprint density at radius 1 is 1.33 bits per heavy atom. The maximum absolute atomic E-state index is 11.1. The summed E-state index contributed by atoms with van der Waals surface area (Å²) < 4.78 is 4.82. The quantitative estimate of drug-likeness (QED) is 0.636. The molecule has 0 atom stereocenters. The van der Waals surface area contributed by atoms with E-state index < -0.39 is 11.2 Å². The molecule has 0 amide bonds. The Morgan fingerprint density at radius 2 is 2.00 bits per heavy atom. The molecule has 0 spiro atoms. The molecule has 1 aromatic rings. The normalized spacial score (nSPS) is 9.83. The van der Waals surface area contributed by atoms with Gasteiger partial charge in [0.15, 0.2) is 0 Å². The highest BCUT2D eigenvalue weighted by Crippen LogP contribution is 2.06. The summed E-state index contributed by atoms with van der Waals surface area (Å²) in [5, 5.41) is 0. The summed E-state index contributed by atoms with van der Waals surface area (Å²) in [6.07, 6.45) is 0.523. The predicted octanol–water partition coefficient (Wildman–Crippen LogP) is -0.366. The van der Waals surface area contributed by atoms with Gasteiger partial charge in [-0.2, -0.15) is 0 Å². The third-order valence-corrected chi connectivity index (χ3v) is 1.56. The number of aromatic amines is 2. The van der Waals surface area contributed by atoms with Crippen LogP contribution in [0.5, 0.6) is 5.88 Å². The molecule has 0 aliphatic rings. The lowest BCUT2D eigenvalue weighted by molar-refractivity contribution is 0.389. The van der Waals surface area contributed by atoms with E-state index in [9.17, 15) is 9.59 Å². The largest absolute Gasteiger partial charge is 0.482 e. The average Bonchev–Trinajstić information content (AvgIpc) is 2.03. The summed E-state index contributed by atoms with van der Waals surface area (Å²) in [6.45, 7) is 1.81. The molecule has 0 saturated carbocycles. The molecule has 12 heavy (non-hydrogen) atoms. The van der Waals surface area contributed by atoms with Crippen LogP contribution in [0.4, 0.5) is 0 Å². The van der Waals surface area contributed by atoms with Gasteiger partial charge in [-0.3, -0.25) is 14.8 Å². The highest BCUT2D eigenvalue weighted by atomic mass is 16.5. The second-order valence-corrected chi connectivity index (χ2v) is 2.27. The maximum Gasteiger partial charge on any atom is 0.328 e. The number of hydrogen-bond donors (Lipinski definition) is 2. The number of methoxy groups -OCH3 is 1. The van der Waals surface area contributed by atoms with Crippen LogP contribution in [0.25, 0.3) is 0 Å². The molecule has 0 bridgehead atoms. The number of H-pyrrole nitrogens is 2. The molecule has 5 nitrogen and oxygen atoms in total. The lowest BCUT2D eigenvalue weighted by Gasteiger charge is -2.02. The van der Waals surface area contributed by atoms with Crippen LogP contribution in [0.1, 0.15) is 12.5 Å². The Bertz CT molecular complexity index is 377. The SMILES string of the molecule is CCc1c(OC)[nH]c(=O)[nH]c1=O. The molecule has 5 heteroatoms. The summed E-state index contributed by atoms with van der Waals surface area (Å²) in [4.78, 5) is 26.3. The van der Waals surface area contributed by atoms with Gasteiger partial charge in [-0.05, 0) is 6.42 Å². The van der Waals surface area contributed by atoms with Crippen LogP contribution in [0, 0.1) is 0 Å². The van der Waals surface area contributed by atoms with Crippen molar-refractivity contribution in [1.29, 1.82) is 0 Å². The zero-order valence-corrected chi connectivity index (χ0v) is 6.93. The first-order chi connectivity index (χ1) is 5.69. The van der Waals surface area contributed by atoms with Gasteiger partial charge in [-0.1, -0.05) is 6.92 Å². The van der Waals surface area contributed by atoms with Crippen molar-refractivity contribution < 1.29 is 4.74 Å². The molecule has 1 heterocycles. The Morgan fingerprint density at radius 3 is 2.50 bits per heavy atom. The van der Waals surface area contributed by atoms with Crippen LogP contribution in [-0.2, 0) is 6.42 Å². The zero-order chi connectivity index (χ0) is 9.14. The topological polar surface area (TPSA) is 75.0 Å². The maximum atomic E-state index is 11.1. The highest BCUT2D eigenvalue weighted by molar-refractivity contribution is 5.21. The van der Waals surface area contributed by atoms with E-state index in [-0.39, 0.29) is 5.88 Å². The van der Waals surface area contributed by atoms with Gasteiger partial charge in [0.05, 0.1) is 12.7 Å². The van der Waals surface area contributed by atoms with Gasteiger partial charge in [0.2, 0.25) is 5.88 Å². The fourth-order valence-electron chi connectivity index (χ4n) is 0.987. The Labute approximate surface area is 68.4 Å². The van der Waals surface area contributed by atoms with E-state index in [4.69, 9.17) is 4.74 Å². The van der Waals surface area contributed by atoms with E-state index in [1.165, 1.54) is 7.11 Å². The van der Waals surface area contributed by atoms with Crippen molar-refractivity contribution in [2.24, 2.45) is 0 Å². The zero-order valence-electron chi connectivity index (χ0n) is 6.93. The van der Waals surface area contributed by atoms with Crippen molar-refractivity contribution in [3.8, 4) is 5.88 Å². The predicted molar refractivity (Wildman–Crippen MR) is 43.6 cm³/mol. The Kier molecular flexibility index (Phi) is 2.32. The van der Waals surface area contributed by atoms with Crippen molar-refractivity contribution in [3.05, 3.63) is 26.4 Å². The minimum Gasteiger partial charge on any atom is -0.482 e. The highest BCUT2D eigenvalue weighted by Gasteiger charge is 2.06. The molecule has 1 rings (SSSR count). The van der Waals surface area contributed by atoms with Gasteiger partial charge in [0, 0.05) is 0 Å². The third-order valence-electron chi connectivity index (χ3n) is 1.56. The van der Waals surface area contributed by atoms with Crippen molar-refractivity contribution in [3.63, 3.8) is 0 Å². The summed E-state index contributed by atoms with van der Waals surface area (Å²) in [5.41, 5.74) is -0.482. The third kappa shape index (κ3) is 1.39. The van der Waals surface area contributed by atoms with Crippen LogP contribution >= 0.6 is 0 Å². The van der Waals surface area contributed by atoms with Crippen LogP contribution in [-0.4, -0.2) is 17.1 Å². The fourth-order valence-corrected chi connectivity index (χ4v) is 0.987. The average molecular weight is 170 g/mol. The van der Waals surface area contributed by atoms with E-state index in [0.29, 0.717) is 12.0 Å². The number of hydrogen-bond acceptors (Lipinski definition) is 3. The van der Waals surface area contributed by atoms with Crippen molar-refractivity contribution in [2.75, 3.05) is 7.11 Å². The van der Waals surface area contributed by atoms with Crippen molar-refractivity contribution >= 4 is 0 Å². The first-order valence-corrected chi connectivity index (χ1v) is 3.58. The standard InChI is InChI=1S/C7H10N2O3/c1-3-4-5(10)8-7(11)9-6(4)12-2/h3H2,1-2H3,(H2,8,9,10,11). The summed E-state index contributed by atoms with van der Waals surface area (Å²) in [5.74, 6) is 0.242. The van der Waals surface area contributed by atoms with Gasteiger partial charge in [0.1, 0.15) is 0 Å². The molecule has 2 N–H and O–H groups in total. The van der Waals surface area contributed by atoms with E-state index >= 15 is 0 Å². The van der Waals surface area contributed by atoms with E-state index in [1.54, 1.807) is 0 Å². The van der Waals surface area contributed by atoms with E-state index in [1.807, 2.05) is 6.92 Å². The van der Waals surface area contributed by atoms with Gasteiger partial charge in [0.25, 0.3) is 5.56 Å². The lowest BCUT2D eigenvalue weighted by Crippen LogP contribution is -2.25. The molecule has 0 saturated heterocycles. The number of aromatic nitrogens is 2. The smallest absolute Gasteiger partial charge is 0.328 e. The fraction of sp³-hybridized carbons (Fsp3) is 0.429.